The molecule has 1 heterocycles. The van der Waals surface area contributed by atoms with Gasteiger partial charge in [-0.3, -0.25) is 9.21 Å². The van der Waals surface area contributed by atoms with Gasteiger partial charge < -0.3 is 5.11 Å². The van der Waals surface area contributed by atoms with Crippen molar-refractivity contribution in [2.24, 2.45) is 0 Å². The van der Waals surface area contributed by atoms with Crippen LogP contribution in [0.1, 0.15) is 6.92 Å². The van der Waals surface area contributed by atoms with Gasteiger partial charge in [0.25, 0.3) is 0 Å². The highest BCUT2D eigenvalue weighted by molar-refractivity contribution is 7.84. The van der Waals surface area contributed by atoms with E-state index in [0.717, 1.165) is 6.54 Å². The molecule has 1 unspecified atom stereocenters. The van der Waals surface area contributed by atoms with Crippen molar-refractivity contribution in [2.45, 2.75) is 13.3 Å². The number of rotatable bonds is 1. The quantitative estimate of drug-likeness (QED) is 0.439. The number of thiocarbonyl (C=S) groups is 1. The van der Waals surface area contributed by atoms with Gasteiger partial charge >= 0.3 is 0 Å². The van der Waals surface area contributed by atoms with Gasteiger partial charge in [-0.15, -0.1) is 0 Å². The molecule has 1 aliphatic rings. The minimum atomic E-state index is -0.638. The normalized spacial score (nSPS) is 28.1. The predicted molar refractivity (Wildman–Crippen MR) is 46.7 cm³/mol. The minimum absolute atomic E-state index is 0.635. The van der Waals surface area contributed by atoms with Gasteiger partial charge in [0.15, 0.2) is 6.35 Å². The van der Waals surface area contributed by atoms with E-state index < -0.39 is 6.35 Å². The van der Waals surface area contributed by atoms with Crippen molar-refractivity contribution < 1.29 is 5.11 Å². The molecule has 1 fully saturated rings. The molecule has 0 aromatic heterocycles. The Bertz CT molecular complexity index is 153. The summed E-state index contributed by atoms with van der Waals surface area (Å²) in [7, 11) is 0. The second-order valence-corrected chi connectivity index (χ2v) is 3.05. The molecule has 0 saturated carbocycles. The zero-order valence-electron chi connectivity index (χ0n) is 5.69. The van der Waals surface area contributed by atoms with Crippen LogP contribution in [-0.4, -0.2) is 38.7 Å². The van der Waals surface area contributed by atoms with E-state index in [-0.39, 0.29) is 0 Å². The number of thiol groups is 1. The van der Waals surface area contributed by atoms with Crippen molar-refractivity contribution in [1.82, 2.24) is 9.21 Å². The van der Waals surface area contributed by atoms with Crippen LogP contribution in [0.15, 0.2) is 0 Å². The molecule has 58 valence electrons. The summed E-state index contributed by atoms with van der Waals surface area (Å²) >= 11 is 8.91. The number of hydrogen-bond donors (Lipinski definition) is 2. The van der Waals surface area contributed by atoms with Crippen LogP contribution in [0, 0.1) is 0 Å². The first-order chi connectivity index (χ1) is 4.66. The average Bonchev–Trinajstić information content (AvgIpc) is 2.17. The highest BCUT2D eigenvalue weighted by atomic mass is 32.1. The van der Waals surface area contributed by atoms with Gasteiger partial charge in [0, 0.05) is 0 Å². The average molecular weight is 178 g/mol. The van der Waals surface area contributed by atoms with Crippen molar-refractivity contribution in [1.29, 1.82) is 0 Å². The minimum Gasteiger partial charge on any atom is -0.360 e. The third kappa shape index (κ3) is 1.27. The van der Waals surface area contributed by atoms with Crippen LogP contribution in [0.3, 0.4) is 0 Å². The Morgan fingerprint density at radius 1 is 1.90 bits per heavy atom. The Morgan fingerprint density at radius 2 is 2.50 bits per heavy atom. The molecule has 1 rings (SSSR count). The van der Waals surface area contributed by atoms with Crippen LogP contribution in [0.5, 0.6) is 0 Å². The first-order valence-corrected chi connectivity index (χ1v) is 3.90. The van der Waals surface area contributed by atoms with E-state index in [1.54, 1.807) is 0 Å². The van der Waals surface area contributed by atoms with Crippen LogP contribution >= 0.6 is 25.0 Å². The first-order valence-electron chi connectivity index (χ1n) is 3.10. The topological polar surface area (TPSA) is 26.7 Å². The first kappa shape index (κ1) is 8.26. The van der Waals surface area contributed by atoms with Crippen molar-refractivity contribution in [3.8, 4) is 0 Å². The standard InChI is InChI=1S/C5H10N2OS2/c1-2-6-3-4(9)7(10)5(6)8/h5,8,10H,2-3H2,1H3. The molecule has 0 bridgehead atoms. The maximum absolute atomic E-state index is 9.32. The van der Waals surface area contributed by atoms with E-state index in [4.69, 9.17) is 12.2 Å². The molecular formula is C5H10N2OS2. The van der Waals surface area contributed by atoms with Gasteiger partial charge in [0.05, 0.1) is 6.54 Å². The van der Waals surface area contributed by atoms with E-state index in [1.807, 2.05) is 11.8 Å². The smallest absolute Gasteiger partial charge is 0.196 e. The molecule has 1 atom stereocenters. The van der Waals surface area contributed by atoms with Gasteiger partial charge in [0.2, 0.25) is 0 Å². The molecule has 0 spiro atoms. The number of aliphatic hydroxyl groups is 1. The summed E-state index contributed by atoms with van der Waals surface area (Å²) in [5.41, 5.74) is 0. The maximum atomic E-state index is 9.32. The lowest BCUT2D eigenvalue weighted by molar-refractivity contribution is -0.00776. The van der Waals surface area contributed by atoms with Crippen LogP contribution in [0.4, 0.5) is 0 Å². The molecule has 5 heteroatoms. The van der Waals surface area contributed by atoms with E-state index in [1.165, 1.54) is 4.31 Å². The molecule has 3 nitrogen and oxygen atoms in total. The van der Waals surface area contributed by atoms with Gasteiger partial charge in [-0.1, -0.05) is 32.0 Å². The molecule has 0 amide bonds. The SMILES string of the molecule is CCN1CC(=S)N(S)C1O. The summed E-state index contributed by atoms with van der Waals surface area (Å²) in [5.74, 6) is 0. The Hall–Kier alpha value is 0.160. The summed E-state index contributed by atoms with van der Waals surface area (Å²) in [6, 6.07) is 0. The summed E-state index contributed by atoms with van der Waals surface area (Å²) in [5, 5.41) is 9.32. The number of hydrogen-bond acceptors (Lipinski definition) is 4. The second kappa shape index (κ2) is 3.04. The maximum Gasteiger partial charge on any atom is 0.196 e. The fourth-order valence-corrected chi connectivity index (χ4v) is 1.36. The molecule has 0 aromatic rings. The van der Waals surface area contributed by atoms with Crippen molar-refractivity contribution in [2.75, 3.05) is 13.1 Å². The summed E-state index contributed by atoms with van der Waals surface area (Å²) in [4.78, 5) is 2.51. The van der Waals surface area contributed by atoms with Crippen LogP contribution in [0.2, 0.25) is 0 Å². The third-order valence-electron chi connectivity index (χ3n) is 1.55. The van der Waals surface area contributed by atoms with Crippen LogP contribution in [0.25, 0.3) is 0 Å². The Morgan fingerprint density at radius 3 is 2.70 bits per heavy atom. The number of aliphatic hydroxyl groups excluding tert-OH is 1. The Balaban J connectivity index is 2.61. The molecule has 1 aliphatic heterocycles. The van der Waals surface area contributed by atoms with E-state index in [9.17, 15) is 5.11 Å². The molecule has 1 saturated heterocycles. The zero-order chi connectivity index (χ0) is 7.72. The lowest BCUT2D eigenvalue weighted by atomic mass is 10.6. The molecule has 1 N–H and O–H groups in total. The van der Waals surface area contributed by atoms with Crippen LogP contribution in [-0.2, 0) is 0 Å². The third-order valence-corrected chi connectivity index (χ3v) is 2.45. The molecule has 10 heavy (non-hydrogen) atoms. The Kier molecular flexibility index (Phi) is 2.51. The number of likely N-dealkylation sites (N-methyl/N-ethyl adjacent to an activating group) is 1. The lowest BCUT2D eigenvalue weighted by Gasteiger charge is -2.19. The van der Waals surface area contributed by atoms with Gasteiger partial charge in [-0.2, -0.15) is 0 Å². The van der Waals surface area contributed by atoms with Crippen molar-refractivity contribution in [3.63, 3.8) is 0 Å². The Labute approximate surface area is 71.2 Å². The zero-order valence-corrected chi connectivity index (χ0v) is 7.40. The van der Waals surface area contributed by atoms with E-state index in [2.05, 4.69) is 12.8 Å². The highest BCUT2D eigenvalue weighted by Gasteiger charge is 2.30. The highest BCUT2D eigenvalue weighted by Crippen LogP contribution is 2.15. The fourth-order valence-electron chi connectivity index (χ4n) is 0.886. The largest absolute Gasteiger partial charge is 0.360 e. The summed E-state index contributed by atoms with van der Waals surface area (Å²) < 4.78 is 1.40. The molecule has 0 aromatic carbocycles. The van der Waals surface area contributed by atoms with E-state index >= 15 is 0 Å². The van der Waals surface area contributed by atoms with Gasteiger partial charge in [-0.25, -0.2) is 0 Å². The summed E-state index contributed by atoms with van der Waals surface area (Å²) in [6.07, 6.45) is -0.638. The second-order valence-electron chi connectivity index (χ2n) is 2.15. The van der Waals surface area contributed by atoms with Gasteiger partial charge in [0.1, 0.15) is 4.99 Å². The summed E-state index contributed by atoms with van der Waals surface area (Å²) in [6.45, 7) is 3.40. The van der Waals surface area contributed by atoms with Crippen molar-refractivity contribution >= 4 is 30.0 Å². The predicted octanol–water partition coefficient (Wildman–Crippen LogP) is 0.0720. The fraction of sp³-hybridized carbons (Fsp3) is 0.800. The van der Waals surface area contributed by atoms with Gasteiger partial charge in [-0.05, 0) is 6.54 Å². The molecule has 0 radical (unpaired) electrons. The lowest BCUT2D eigenvalue weighted by Crippen LogP contribution is -2.34. The van der Waals surface area contributed by atoms with Crippen LogP contribution < -0.4 is 0 Å². The number of nitrogens with zero attached hydrogens (tertiary/aromatic N) is 2. The molecular weight excluding hydrogens is 168 g/mol. The van der Waals surface area contributed by atoms with E-state index in [0.29, 0.717) is 11.5 Å². The van der Waals surface area contributed by atoms with Crippen molar-refractivity contribution in [3.05, 3.63) is 0 Å². The molecule has 0 aliphatic carbocycles. The monoisotopic (exact) mass is 178 g/mol.